The first-order valence-corrected chi connectivity index (χ1v) is 5.28. The number of aliphatic imine (C=N–C) groups is 1. The Balaban J connectivity index is 2.49. The van der Waals surface area contributed by atoms with E-state index in [2.05, 4.69) is 15.4 Å². The highest BCUT2D eigenvalue weighted by Gasteiger charge is 2.26. The molecule has 0 aliphatic carbocycles. The first kappa shape index (κ1) is 14.3. The van der Waals surface area contributed by atoms with Crippen LogP contribution in [0, 0.1) is 0 Å². The molecule has 18 heavy (non-hydrogen) atoms. The molecule has 0 aliphatic heterocycles. The van der Waals surface area contributed by atoms with Crippen LogP contribution in [0.15, 0.2) is 17.3 Å². The highest BCUT2D eigenvalue weighted by molar-refractivity contribution is 5.91. The largest absolute Gasteiger partial charge is 0.408 e. The van der Waals surface area contributed by atoms with Crippen LogP contribution in [0.4, 0.5) is 19.0 Å². The molecule has 1 aromatic rings. The van der Waals surface area contributed by atoms with Gasteiger partial charge >= 0.3 is 6.18 Å². The lowest BCUT2D eigenvalue weighted by Gasteiger charge is -2.04. The molecule has 0 aliphatic rings. The average molecular weight is 264 g/mol. The van der Waals surface area contributed by atoms with E-state index in [0.29, 0.717) is 18.9 Å². The third-order valence-corrected chi connectivity index (χ3v) is 1.92. The minimum absolute atomic E-state index is 0.323. The van der Waals surface area contributed by atoms with Crippen LogP contribution in [0.5, 0.6) is 0 Å². The summed E-state index contributed by atoms with van der Waals surface area (Å²) >= 11 is 0. The number of aryl methyl sites for hydroxylation is 1. The molecule has 1 rings (SSSR count). The van der Waals surface area contributed by atoms with Crippen LogP contribution >= 0.6 is 0 Å². The van der Waals surface area contributed by atoms with E-state index in [-0.39, 0.29) is 5.96 Å². The first-order valence-electron chi connectivity index (χ1n) is 5.28. The summed E-state index contributed by atoms with van der Waals surface area (Å²) in [7, 11) is 0. The van der Waals surface area contributed by atoms with E-state index in [0.717, 1.165) is 6.42 Å². The Morgan fingerprint density at radius 1 is 1.50 bits per heavy atom. The molecule has 0 aromatic carbocycles. The lowest BCUT2D eigenvalue weighted by atomic mass is 10.4. The molecule has 0 amide bonds. The Kier molecular flexibility index (Phi) is 4.95. The van der Waals surface area contributed by atoms with Gasteiger partial charge in [-0.15, -0.1) is 0 Å². The van der Waals surface area contributed by atoms with Gasteiger partial charge in [0.05, 0.1) is 0 Å². The van der Waals surface area contributed by atoms with Crippen molar-refractivity contribution < 1.29 is 13.2 Å². The minimum atomic E-state index is -4.37. The summed E-state index contributed by atoms with van der Waals surface area (Å²) in [5.74, 6) is 0.0202. The number of anilines is 1. The van der Waals surface area contributed by atoms with Gasteiger partial charge in [0.2, 0.25) is 0 Å². The van der Waals surface area contributed by atoms with Gasteiger partial charge in [0, 0.05) is 18.8 Å². The number of nitrogens with two attached hydrogens (primary N) is 2. The van der Waals surface area contributed by atoms with Crippen LogP contribution in [-0.2, 0) is 6.54 Å². The molecule has 6 nitrogen and oxygen atoms in total. The number of alkyl halides is 3. The number of guanidine groups is 1. The van der Waals surface area contributed by atoms with Gasteiger partial charge in [-0.1, -0.05) is 0 Å². The van der Waals surface area contributed by atoms with Gasteiger partial charge in [-0.05, 0) is 13.0 Å². The fourth-order valence-corrected chi connectivity index (χ4v) is 1.15. The number of nitrogens with one attached hydrogen (secondary N) is 1. The summed E-state index contributed by atoms with van der Waals surface area (Å²) in [6, 6.07) is 1.59. The van der Waals surface area contributed by atoms with E-state index in [1.165, 1.54) is 0 Å². The van der Waals surface area contributed by atoms with Gasteiger partial charge in [0.25, 0.3) is 0 Å². The number of hydrogen-bond donors (Lipinski definition) is 3. The van der Waals surface area contributed by atoms with Crippen LogP contribution < -0.4 is 16.8 Å². The van der Waals surface area contributed by atoms with Crippen LogP contribution in [0.2, 0.25) is 0 Å². The third kappa shape index (κ3) is 5.53. The van der Waals surface area contributed by atoms with Crippen LogP contribution in [0.25, 0.3) is 0 Å². The smallest absolute Gasteiger partial charge is 0.370 e. The molecule has 0 fully saturated rings. The fourth-order valence-electron chi connectivity index (χ4n) is 1.15. The monoisotopic (exact) mass is 264 g/mol. The zero-order valence-electron chi connectivity index (χ0n) is 9.61. The summed E-state index contributed by atoms with van der Waals surface area (Å²) in [4.78, 5) is 3.15. The SMILES string of the molecule is NCCCn1ccc(N/C(N)=N\CC(F)(F)F)n1. The van der Waals surface area contributed by atoms with E-state index in [1.54, 1.807) is 16.9 Å². The molecule has 102 valence electrons. The van der Waals surface area contributed by atoms with E-state index in [1.807, 2.05) is 0 Å². The number of hydrogen-bond acceptors (Lipinski definition) is 3. The summed E-state index contributed by atoms with van der Waals surface area (Å²) in [6.07, 6.45) is -1.93. The van der Waals surface area contributed by atoms with Crippen molar-refractivity contribution in [3.8, 4) is 0 Å². The molecular formula is C9H15F3N6. The lowest BCUT2D eigenvalue weighted by molar-refractivity contribution is -0.118. The van der Waals surface area contributed by atoms with Crippen molar-refractivity contribution in [3.05, 3.63) is 12.3 Å². The van der Waals surface area contributed by atoms with E-state index in [9.17, 15) is 13.2 Å². The molecule has 9 heteroatoms. The second-order valence-electron chi connectivity index (χ2n) is 3.55. The van der Waals surface area contributed by atoms with Crippen molar-refractivity contribution >= 4 is 11.8 Å². The molecule has 1 heterocycles. The molecule has 0 atom stereocenters. The van der Waals surface area contributed by atoms with E-state index >= 15 is 0 Å². The highest BCUT2D eigenvalue weighted by atomic mass is 19.4. The second kappa shape index (κ2) is 6.24. The van der Waals surface area contributed by atoms with Crippen molar-refractivity contribution in [1.29, 1.82) is 0 Å². The van der Waals surface area contributed by atoms with Gasteiger partial charge < -0.3 is 16.8 Å². The number of halogens is 3. The zero-order valence-corrected chi connectivity index (χ0v) is 9.61. The predicted molar refractivity (Wildman–Crippen MR) is 62.1 cm³/mol. The molecular weight excluding hydrogens is 249 g/mol. The number of rotatable bonds is 5. The molecule has 1 aromatic heterocycles. The highest BCUT2D eigenvalue weighted by Crippen LogP contribution is 2.14. The molecule has 0 spiro atoms. The van der Waals surface area contributed by atoms with Crippen molar-refractivity contribution in [1.82, 2.24) is 9.78 Å². The van der Waals surface area contributed by atoms with E-state index < -0.39 is 12.7 Å². The Hall–Kier alpha value is -1.77. The maximum Gasteiger partial charge on any atom is 0.408 e. The third-order valence-electron chi connectivity index (χ3n) is 1.92. The van der Waals surface area contributed by atoms with Crippen LogP contribution in [0.3, 0.4) is 0 Å². The molecule has 5 N–H and O–H groups in total. The van der Waals surface area contributed by atoms with Gasteiger partial charge in [0.15, 0.2) is 11.8 Å². The maximum absolute atomic E-state index is 11.9. The van der Waals surface area contributed by atoms with Crippen LogP contribution in [-0.4, -0.2) is 35.0 Å². The maximum atomic E-state index is 11.9. The Bertz CT molecular complexity index is 397. The standard InChI is InChI=1S/C9H15F3N6/c10-9(11,12)6-15-8(14)16-7-2-5-18(17-7)4-1-3-13/h2,5H,1,3-4,6,13H2,(H3,14,15,16,17). The predicted octanol–water partition coefficient (Wildman–Crippen LogP) is 0.521. The van der Waals surface area contributed by atoms with Crippen LogP contribution in [0.1, 0.15) is 6.42 Å². The zero-order chi connectivity index (χ0) is 13.6. The van der Waals surface area contributed by atoms with Gasteiger partial charge in [-0.25, -0.2) is 4.99 Å². The number of aromatic nitrogens is 2. The Labute approximate surface area is 102 Å². The second-order valence-corrected chi connectivity index (χ2v) is 3.55. The summed E-state index contributed by atoms with van der Waals surface area (Å²) in [5, 5.41) is 6.52. The van der Waals surface area contributed by atoms with Crippen molar-refractivity contribution in [3.63, 3.8) is 0 Å². The Morgan fingerprint density at radius 2 is 2.22 bits per heavy atom. The van der Waals surface area contributed by atoms with Crippen molar-refractivity contribution in [2.75, 3.05) is 18.4 Å². The average Bonchev–Trinajstić information content (AvgIpc) is 2.70. The topological polar surface area (TPSA) is 94.2 Å². The van der Waals surface area contributed by atoms with E-state index in [4.69, 9.17) is 11.5 Å². The van der Waals surface area contributed by atoms with Gasteiger partial charge in [0.1, 0.15) is 6.54 Å². The lowest BCUT2D eigenvalue weighted by Crippen LogP contribution is -2.25. The first-order chi connectivity index (χ1) is 8.40. The molecule has 0 bridgehead atoms. The number of nitrogens with zero attached hydrogens (tertiary/aromatic N) is 3. The quantitative estimate of drug-likeness (QED) is 0.534. The van der Waals surface area contributed by atoms with Gasteiger partial charge in [-0.3, -0.25) is 4.68 Å². The fraction of sp³-hybridized carbons (Fsp3) is 0.556. The molecule has 0 saturated heterocycles. The molecule has 0 radical (unpaired) electrons. The summed E-state index contributed by atoms with van der Waals surface area (Å²) in [5.41, 5.74) is 10.6. The Morgan fingerprint density at radius 3 is 2.83 bits per heavy atom. The molecule has 0 unspecified atom stereocenters. The van der Waals surface area contributed by atoms with Gasteiger partial charge in [-0.2, -0.15) is 18.3 Å². The summed E-state index contributed by atoms with van der Waals surface area (Å²) in [6.45, 7) is -0.144. The molecule has 0 saturated carbocycles. The van der Waals surface area contributed by atoms with Crippen molar-refractivity contribution in [2.45, 2.75) is 19.1 Å². The summed E-state index contributed by atoms with van der Waals surface area (Å²) < 4.78 is 37.2. The normalized spacial score (nSPS) is 12.8. The van der Waals surface area contributed by atoms with Crippen molar-refractivity contribution in [2.24, 2.45) is 16.5 Å². The minimum Gasteiger partial charge on any atom is -0.370 e.